The van der Waals surface area contributed by atoms with E-state index in [0.717, 1.165) is 72.9 Å². The van der Waals surface area contributed by atoms with Gasteiger partial charge in [-0.3, -0.25) is 9.56 Å². The van der Waals surface area contributed by atoms with Crippen molar-refractivity contribution in [3.8, 4) is 10.8 Å². The highest BCUT2D eigenvalue weighted by Gasteiger charge is 2.41. The summed E-state index contributed by atoms with van der Waals surface area (Å²) >= 11 is 1.79. The van der Waals surface area contributed by atoms with E-state index in [9.17, 15) is 5.11 Å². The maximum absolute atomic E-state index is 10.3. The molecule has 1 N–H and O–H groups in total. The van der Waals surface area contributed by atoms with Gasteiger partial charge in [0.15, 0.2) is 11.7 Å². The lowest BCUT2D eigenvalue weighted by atomic mass is 9.69. The molecule has 0 amide bonds. The number of anilines is 2. The lowest BCUT2D eigenvalue weighted by Gasteiger charge is -2.42. The standard InChI is InChI=1S/C57H62N8O2S/c1-37-38(2)68-56-52(37)54(59-50(34-51-58-26-32-67-51)55-61-60-39(3)65(55)56)43-11-16-46(17-12-43)64-31-25-57(36-64)23-29-62(30-24-57)35-40-21-27-63(28-22-40)45-14-9-42(10-15-45)53-48(41-7-5-4-6-8-41)19-13-44-33-47(66)18-20-49(44)53/h4-12,14-18,20,26,32-33,40,48,50,53,66H,13,19,21-25,27-31,34-36H2,1-3H3/t48-,50+,53+/m1/s1. The number of aryl methyl sites for hydroxylation is 3. The number of benzene rings is 4. The van der Waals surface area contributed by atoms with Gasteiger partial charge in [0, 0.05) is 66.0 Å². The van der Waals surface area contributed by atoms with Crippen molar-refractivity contribution < 1.29 is 9.52 Å². The van der Waals surface area contributed by atoms with Gasteiger partial charge in [-0.1, -0.05) is 60.7 Å². The van der Waals surface area contributed by atoms with Gasteiger partial charge >= 0.3 is 0 Å². The molecule has 3 aromatic heterocycles. The van der Waals surface area contributed by atoms with Crippen molar-refractivity contribution in [2.24, 2.45) is 16.3 Å². The van der Waals surface area contributed by atoms with Gasteiger partial charge in [-0.15, -0.1) is 21.5 Å². The molecular formula is C57H62N8O2S. The highest BCUT2D eigenvalue weighted by molar-refractivity contribution is 7.15. The predicted molar refractivity (Wildman–Crippen MR) is 272 cm³/mol. The first kappa shape index (κ1) is 43.3. The number of nitrogens with zero attached hydrogens (tertiary/aromatic N) is 8. The van der Waals surface area contributed by atoms with Gasteiger partial charge in [-0.25, -0.2) is 4.98 Å². The highest BCUT2D eigenvalue weighted by atomic mass is 32.1. The quantitative estimate of drug-likeness (QED) is 0.153. The van der Waals surface area contributed by atoms with Gasteiger partial charge < -0.3 is 24.2 Å². The Balaban J connectivity index is 0.664. The van der Waals surface area contributed by atoms with Gasteiger partial charge in [0.25, 0.3) is 0 Å². The summed E-state index contributed by atoms with van der Waals surface area (Å²) in [4.78, 5) is 19.2. The van der Waals surface area contributed by atoms with Crippen molar-refractivity contribution in [2.45, 2.75) is 90.0 Å². The minimum atomic E-state index is -0.275. The minimum absolute atomic E-state index is 0.275. The topological polar surface area (TPSA) is 99.1 Å². The fourth-order valence-electron chi connectivity index (χ4n) is 12.6. The summed E-state index contributed by atoms with van der Waals surface area (Å²) in [6.07, 6.45) is 12.3. The number of likely N-dealkylation sites (tertiary alicyclic amines) is 1. The van der Waals surface area contributed by atoms with E-state index in [2.05, 4.69) is 133 Å². The molecule has 5 aliphatic rings. The summed E-state index contributed by atoms with van der Waals surface area (Å²) < 4.78 is 7.90. The van der Waals surface area contributed by atoms with E-state index >= 15 is 0 Å². The Morgan fingerprint density at radius 1 is 0.779 bits per heavy atom. The maximum atomic E-state index is 10.3. The molecule has 0 saturated carbocycles. The number of aliphatic imine (C=N–C) groups is 1. The molecule has 10 nitrogen and oxygen atoms in total. The number of phenols is 1. The lowest BCUT2D eigenvalue weighted by Crippen LogP contribution is -2.45. The van der Waals surface area contributed by atoms with Crippen LogP contribution in [0.2, 0.25) is 0 Å². The van der Waals surface area contributed by atoms with E-state index < -0.39 is 0 Å². The molecule has 4 aromatic carbocycles. The average molecular weight is 923 g/mol. The smallest absolute Gasteiger partial charge is 0.196 e. The molecule has 348 valence electrons. The number of aromatic hydroxyl groups is 1. The van der Waals surface area contributed by atoms with Crippen LogP contribution in [0.5, 0.6) is 5.75 Å². The zero-order valence-corrected chi connectivity index (χ0v) is 40.5. The van der Waals surface area contributed by atoms with Crippen molar-refractivity contribution in [2.75, 3.05) is 55.6 Å². The van der Waals surface area contributed by atoms with E-state index in [1.165, 1.54) is 101 Å². The van der Waals surface area contributed by atoms with E-state index in [1.54, 1.807) is 23.8 Å². The predicted octanol–water partition coefficient (Wildman–Crippen LogP) is 11.2. The van der Waals surface area contributed by atoms with E-state index in [4.69, 9.17) is 9.41 Å². The Bertz CT molecular complexity index is 2920. The number of rotatable bonds is 9. The second kappa shape index (κ2) is 17.8. The Kier molecular flexibility index (Phi) is 11.3. The van der Waals surface area contributed by atoms with Crippen molar-refractivity contribution in [3.05, 3.63) is 171 Å². The molecule has 1 aliphatic carbocycles. The van der Waals surface area contributed by atoms with Gasteiger partial charge in [-0.2, -0.15) is 0 Å². The fourth-order valence-corrected chi connectivity index (χ4v) is 13.8. The summed E-state index contributed by atoms with van der Waals surface area (Å²) in [5.41, 5.74) is 13.0. The van der Waals surface area contributed by atoms with Crippen LogP contribution in [0.1, 0.15) is 118 Å². The third-order valence-electron chi connectivity index (χ3n) is 16.5. The Hall–Kier alpha value is -6.04. The molecule has 4 aliphatic heterocycles. The normalized spacial score (nSPS) is 21.6. The van der Waals surface area contributed by atoms with Crippen LogP contribution in [0.25, 0.3) is 5.00 Å². The van der Waals surface area contributed by atoms with E-state index in [-0.39, 0.29) is 12.0 Å². The monoisotopic (exact) mass is 922 g/mol. The molecule has 0 unspecified atom stereocenters. The summed E-state index contributed by atoms with van der Waals surface area (Å²) in [6, 6.07) is 35.5. The van der Waals surface area contributed by atoms with Crippen LogP contribution in [0.15, 0.2) is 119 Å². The van der Waals surface area contributed by atoms with Crippen LogP contribution >= 0.6 is 11.3 Å². The zero-order chi connectivity index (χ0) is 45.9. The molecule has 68 heavy (non-hydrogen) atoms. The van der Waals surface area contributed by atoms with E-state index in [0.29, 0.717) is 29.4 Å². The van der Waals surface area contributed by atoms with Crippen molar-refractivity contribution >= 4 is 28.4 Å². The number of phenolic OH excluding ortho intramolecular Hbond substituents is 1. The maximum Gasteiger partial charge on any atom is 0.196 e. The summed E-state index contributed by atoms with van der Waals surface area (Å²) in [5, 5.41) is 20.6. The number of hydrogen-bond acceptors (Lipinski definition) is 10. The number of aromatic nitrogens is 4. The first-order valence-corrected chi connectivity index (χ1v) is 25.9. The molecule has 3 fully saturated rings. The van der Waals surface area contributed by atoms with E-state index in [1.807, 2.05) is 19.1 Å². The number of oxazole rings is 1. The molecule has 7 heterocycles. The largest absolute Gasteiger partial charge is 0.508 e. The third-order valence-corrected chi connectivity index (χ3v) is 17.7. The van der Waals surface area contributed by atoms with Crippen LogP contribution in [0, 0.1) is 32.1 Å². The van der Waals surface area contributed by atoms with Crippen molar-refractivity contribution in [3.63, 3.8) is 0 Å². The molecule has 3 saturated heterocycles. The van der Waals surface area contributed by atoms with Crippen LogP contribution < -0.4 is 9.80 Å². The number of thiophene rings is 1. The number of hydrogen-bond donors (Lipinski definition) is 1. The summed E-state index contributed by atoms with van der Waals surface area (Å²) in [7, 11) is 0. The van der Waals surface area contributed by atoms with Crippen molar-refractivity contribution in [1.29, 1.82) is 0 Å². The minimum Gasteiger partial charge on any atom is -0.508 e. The van der Waals surface area contributed by atoms with Crippen LogP contribution in [0.3, 0.4) is 0 Å². The Morgan fingerprint density at radius 3 is 2.29 bits per heavy atom. The first-order valence-electron chi connectivity index (χ1n) is 25.0. The molecule has 7 aromatic rings. The summed E-state index contributed by atoms with van der Waals surface area (Å²) in [5.74, 6) is 4.17. The second-order valence-electron chi connectivity index (χ2n) is 20.5. The first-order chi connectivity index (χ1) is 33.3. The molecule has 0 radical (unpaired) electrons. The molecule has 3 atom stereocenters. The number of piperidine rings is 2. The van der Waals surface area contributed by atoms with Gasteiger partial charge in [-0.05, 0) is 160 Å². The highest BCUT2D eigenvalue weighted by Crippen LogP contribution is 2.48. The second-order valence-corrected chi connectivity index (χ2v) is 21.7. The molecular weight excluding hydrogens is 861 g/mol. The van der Waals surface area contributed by atoms with Crippen LogP contribution in [-0.2, 0) is 12.8 Å². The zero-order valence-electron chi connectivity index (χ0n) is 39.6. The molecule has 1 spiro atoms. The summed E-state index contributed by atoms with van der Waals surface area (Å²) in [6.45, 7) is 14.6. The number of fused-ring (bicyclic) bond motifs is 4. The fraction of sp³-hybridized carbons (Fsp3) is 0.404. The van der Waals surface area contributed by atoms with Crippen LogP contribution in [0.4, 0.5) is 11.4 Å². The van der Waals surface area contributed by atoms with Gasteiger partial charge in [0.2, 0.25) is 0 Å². The lowest BCUT2D eigenvalue weighted by molar-refractivity contribution is 0.101. The van der Waals surface area contributed by atoms with Crippen LogP contribution in [-0.4, -0.2) is 81.3 Å². The van der Waals surface area contributed by atoms with Crippen molar-refractivity contribution in [1.82, 2.24) is 24.6 Å². The van der Waals surface area contributed by atoms with Gasteiger partial charge in [0.05, 0.1) is 18.3 Å². The molecule has 0 bridgehead atoms. The third kappa shape index (κ3) is 8.05. The van der Waals surface area contributed by atoms with Gasteiger partial charge in [0.1, 0.15) is 28.9 Å². The average Bonchev–Trinajstić information content (AvgIpc) is 4.17. The SMILES string of the molecule is Cc1sc2c(c1C)C(c1ccc(N3CCC4(CCN(CC5CCN(c6ccc([C@@H]7c8ccc(O)cc8CC[C@@H]7c7ccccc7)cc6)CC5)CC4)C3)cc1)=N[C@@H](Cc1ncco1)c1nnc(C)n1-2. The Labute approximate surface area is 404 Å². The Morgan fingerprint density at radius 2 is 1.53 bits per heavy atom. The molecule has 12 rings (SSSR count). The molecule has 11 heteroatoms.